The molecule has 1 aliphatic rings. The maximum atomic E-state index is 12.5. The van der Waals surface area contributed by atoms with Crippen molar-refractivity contribution in [2.75, 3.05) is 19.4 Å². The van der Waals surface area contributed by atoms with Crippen LogP contribution in [0.15, 0.2) is 44.2 Å². The number of carbonyl (C=O) groups excluding carboxylic acids is 1. The van der Waals surface area contributed by atoms with Gasteiger partial charge in [0.2, 0.25) is 9.84 Å². The molecule has 21 heavy (non-hydrogen) atoms. The van der Waals surface area contributed by atoms with Gasteiger partial charge < -0.3 is 10.2 Å². The van der Waals surface area contributed by atoms with E-state index < -0.39 is 37.0 Å². The van der Waals surface area contributed by atoms with Crippen molar-refractivity contribution in [3.63, 3.8) is 0 Å². The van der Waals surface area contributed by atoms with Crippen LogP contribution in [0.5, 0.6) is 0 Å². The summed E-state index contributed by atoms with van der Waals surface area (Å²) in [6.07, 6.45) is 0. The van der Waals surface area contributed by atoms with Crippen molar-refractivity contribution in [2.24, 2.45) is 4.36 Å². The highest BCUT2D eigenvalue weighted by molar-refractivity contribution is 7.96. The maximum absolute atomic E-state index is 12.5. The quantitative estimate of drug-likeness (QED) is 0.829. The van der Waals surface area contributed by atoms with Crippen LogP contribution in [0.25, 0.3) is 0 Å². The fourth-order valence-electron chi connectivity index (χ4n) is 1.78. The van der Waals surface area contributed by atoms with Gasteiger partial charge >= 0.3 is 10.5 Å². The van der Waals surface area contributed by atoms with Crippen LogP contribution in [0.2, 0.25) is 0 Å². The Morgan fingerprint density at radius 1 is 1.24 bits per heavy atom. The zero-order valence-electron chi connectivity index (χ0n) is 11.1. The Balaban J connectivity index is 2.83. The number of likely N-dealkylation sites (N-methyl/N-ethyl adjacent to an activating group) is 1. The number of benzene rings is 1. The van der Waals surface area contributed by atoms with Gasteiger partial charge in [0.25, 0.3) is 5.91 Å². The van der Waals surface area contributed by atoms with Crippen LogP contribution in [-0.2, 0) is 25.1 Å². The Kier molecular flexibility index (Phi) is 3.83. The van der Waals surface area contributed by atoms with Gasteiger partial charge in [0.15, 0.2) is 10.7 Å². The first kappa shape index (κ1) is 15.2. The maximum Gasteiger partial charge on any atom is 0.317 e. The summed E-state index contributed by atoms with van der Waals surface area (Å²) in [7, 11) is -4.35. The molecule has 2 rings (SSSR count). The topological polar surface area (TPSA) is 113 Å². The number of nitrogens with one attached hydrogen (secondary N) is 1. The largest absolute Gasteiger partial charge is 0.344 e. The number of nitrogens with zero attached hydrogens (tertiary/aromatic N) is 2. The minimum Gasteiger partial charge on any atom is -0.344 e. The van der Waals surface area contributed by atoms with E-state index in [2.05, 4.69) is 9.68 Å². The molecule has 10 heteroatoms. The van der Waals surface area contributed by atoms with Crippen molar-refractivity contribution in [3.05, 3.63) is 35.0 Å². The van der Waals surface area contributed by atoms with Crippen LogP contribution in [-0.4, -0.2) is 41.7 Å². The average Bonchev–Trinajstić information content (AvgIpc) is 2.37. The molecule has 0 unspecified atom stereocenters. The molecule has 1 amide bonds. The van der Waals surface area contributed by atoms with Crippen molar-refractivity contribution in [1.82, 2.24) is 4.90 Å². The van der Waals surface area contributed by atoms with Crippen molar-refractivity contribution in [1.29, 1.82) is 0 Å². The van der Waals surface area contributed by atoms with Crippen molar-refractivity contribution < 1.29 is 21.6 Å². The Morgan fingerprint density at radius 2 is 1.86 bits per heavy atom. The average molecular weight is 329 g/mol. The van der Waals surface area contributed by atoms with E-state index in [0.717, 1.165) is 4.90 Å². The molecule has 0 aliphatic carbocycles. The molecule has 1 aromatic rings. The van der Waals surface area contributed by atoms with Gasteiger partial charge in [-0.05, 0) is 12.1 Å². The Bertz CT molecular complexity index is 874. The molecular weight excluding hydrogens is 318 g/mol. The number of fused-ring (bicyclic) bond motifs is 1. The molecule has 1 heterocycles. The number of hydrogen-bond acceptors (Lipinski definition) is 7. The normalized spacial score (nSPS) is 15.7. The fraction of sp³-hybridized carbons (Fsp3) is 0.182. The van der Waals surface area contributed by atoms with Crippen LogP contribution in [0.4, 0.5) is 5.69 Å². The Hall–Kier alpha value is -2.20. The summed E-state index contributed by atoms with van der Waals surface area (Å²) in [5.41, 5.74) is 0.164. The standard InChI is InChI=1S/C11H11N3O5S2/c1-14(2)11(15)9-10(13-20(16)17)12-7-5-3-4-6-8(7)21(9,18)19/h3-6,12H,1-2H3. The van der Waals surface area contributed by atoms with Crippen molar-refractivity contribution in [2.45, 2.75) is 4.90 Å². The van der Waals surface area contributed by atoms with Gasteiger partial charge in [0.05, 0.1) is 10.6 Å². The summed E-state index contributed by atoms with van der Waals surface area (Å²) in [5, 5.41) is 2.56. The summed E-state index contributed by atoms with van der Waals surface area (Å²) < 4.78 is 49.8. The zero-order valence-corrected chi connectivity index (χ0v) is 12.7. The molecule has 0 spiro atoms. The second-order valence-electron chi connectivity index (χ2n) is 4.31. The first-order valence-electron chi connectivity index (χ1n) is 5.63. The molecule has 1 aliphatic heterocycles. The predicted octanol–water partition coefficient (Wildman–Crippen LogP) is 0.206. The third kappa shape index (κ3) is 2.67. The molecular formula is C11H11N3O5S2. The molecule has 1 N–H and O–H groups in total. The lowest BCUT2D eigenvalue weighted by Crippen LogP contribution is -2.32. The number of rotatable bonds is 2. The zero-order chi connectivity index (χ0) is 15.8. The molecule has 0 aromatic heterocycles. The lowest BCUT2D eigenvalue weighted by Gasteiger charge is -2.22. The van der Waals surface area contributed by atoms with E-state index in [1.165, 1.54) is 32.3 Å². The number of carbonyl (C=O) groups is 1. The number of amides is 1. The lowest BCUT2D eigenvalue weighted by molar-refractivity contribution is -0.124. The molecule has 0 atom stereocenters. The van der Waals surface area contributed by atoms with Crippen molar-refractivity contribution in [3.8, 4) is 0 Å². The summed E-state index contributed by atoms with van der Waals surface area (Å²) in [4.78, 5) is 12.3. The van der Waals surface area contributed by atoms with Gasteiger partial charge in [-0.15, -0.1) is 4.36 Å². The van der Waals surface area contributed by atoms with E-state index in [1.807, 2.05) is 0 Å². The number of hydrogen-bond donors (Lipinski definition) is 1. The van der Waals surface area contributed by atoms with Crippen LogP contribution >= 0.6 is 0 Å². The van der Waals surface area contributed by atoms with Gasteiger partial charge in [0.1, 0.15) is 0 Å². The third-order valence-corrected chi connectivity index (χ3v) is 4.85. The molecule has 1 aromatic carbocycles. The van der Waals surface area contributed by atoms with Crippen LogP contribution in [0.3, 0.4) is 0 Å². The number of anilines is 1. The predicted molar refractivity (Wildman–Crippen MR) is 74.3 cm³/mol. The SMILES string of the molecule is CN(C)C(=O)C1=C(N=S(=O)=O)Nc2ccccc2S1(=O)=O. The van der Waals surface area contributed by atoms with Crippen LogP contribution in [0, 0.1) is 0 Å². The van der Waals surface area contributed by atoms with Gasteiger partial charge in [-0.25, -0.2) is 8.42 Å². The van der Waals surface area contributed by atoms with Crippen molar-refractivity contribution >= 4 is 31.9 Å². The first-order valence-corrected chi connectivity index (χ1v) is 8.15. The first-order chi connectivity index (χ1) is 9.75. The van der Waals surface area contributed by atoms with E-state index in [-0.39, 0.29) is 10.6 Å². The van der Waals surface area contributed by atoms with Gasteiger partial charge in [-0.3, -0.25) is 4.79 Å². The highest BCUT2D eigenvalue weighted by atomic mass is 32.2. The van der Waals surface area contributed by atoms with Gasteiger partial charge in [-0.1, -0.05) is 12.1 Å². The third-order valence-electron chi connectivity index (χ3n) is 2.68. The molecule has 8 nitrogen and oxygen atoms in total. The molecule has 0 bridgehead atoms. The summed E-state index contributed by atoms with van der Waals surface area (Å²) in [6, 6.07) is 5.86. The van der Waals surface area contributed by atoms with Gasteiger partial charge in [0, 0.05) is 14.1 Å². The molecule has 0 saturated heterocycles. The number of para-hydroxylation sites is 1. The smallest absolute Gasteiger partial charge is 0.317 e. The lowest BCUT2D eigenvalue weighted by atomic mass is 10.3. The Labute approximate surface area is 122 Å². The molecule has 112 valence electrons. The molecule has 0 saturated carbocycles. The van der Waals surface area contributed by atoms with Crippen LogP contribution in [0.1, 0.15) is 0 Å². The highest BCUT2D eigenvalue weighted by Gasteiger charge is 2.37. The van der Waals surface area contributed by atoms with E-state index in [4.69, 9.17) is 0 Å². The minimum atomic E-state index is -4.16. The van der Waals surface area contributed by atoms with E-state index >= 15 is 0 Å². The van der Waals surface area contributed by atoms with Gasteiger partial charge in [-0.2, -0.15) is 8.42 Å². The monoisotopic (exact) mass is 329 g/mol. The minimum absolute atomic E-state index is 0.106. The second-order valence-corrected chi connectivity index (χ2v) is 6.78. The summed E-state index contributed by atoms with van der Waals surface area (Å²) in [5.74, 6) is -1.37. The number of sulfone groups is 1. The van der Waals surface area contributed by atoms with E-state index in [9.17, 15) is 21.6 Å². The summed E-state index contributed by atoms with van der Waals surface area (Å²) >= 11 is 0. The second kappa shape index (κ2) is 5.30. The molecule has 0 fully saturated rings. The van der Waals surface area contributed by atoms with E-state index in [1.54, 1.807) is 6.07 Å². The highest BCUT2D eigenvalue weighted by Crippen LogP contribution is 2.35. The summed E-state index contributed by atoms with van der Waals surface area (Å²) in [6.45, 7) is 0. The van der Waals surface area contributed by atoms with Crippen LogP contribution < -0.4 is 5.32 Å². The fourth-order valence-corrected chi connectivity index (χ4v) is 3.78. The Morgan fingerprint density at radius 3 is 2.43 bits per heavy atom. The molecule has 0 radical (unpaired) electrons. The van der Waals surface area contributed by atoms with E-state index in [0.29, 0.717) is 0 Å².